The van der Waals surface area contributed by atoms with E-state index in [1.807, 2.05) is 0 Å². The first-order chi connectivity index (χ1) is 6.00. The molecule has 6 N–H and O–H groups in total. The molecule has 1 fully saturated rings. The maximum absolute atomic E-state index is 11.2. The summed E-state index contributed by atoms with van der Waals surface area (Å²) in [6, 6.07) is -0.651. The van der Waals surface area contributed by atoms with Crippen molar-refractivity contribution in [3.8, 4) is 0 Å². The summed E-state index contributed by atoms with van der Waals surface area (Å²) in [6.45, 7) is 2.96. The zero-order valence-corrected chi connectivity index (χ0v) is 10.2. The molecule has 16 heavy (non-hydrogen) atoms. The Morgan fingerprint density at radius 3 is 2.06 bits per heavy atom. The first-order valence-electron chi connectivity index (χ1n) is 4.21. The third-order valence-corrected chi connectivity index (χ3v) is 2.40. The maximum Gasteiger partial charge on any atom is 0.259 e. The van der Waals surface area contributed by atoms with E-state index in [9.17, 15) is 19.9 Å². The minimum atomic E-state index is -1.09. The molecule has 3 atom stereocenters. The molecule has 1 radical (unpaired) electrons. The summed E-state index contributed by atoms with van der Waals surface area (Å²) in [7, 11) is 0. The molecule has 0 aromatic heterocycles. The van der Waals surface area contributed by atoms with Crippen molar-refractivity contribution in [3.05, 3.63) is 0 Å². The van der Waals surface area contributed by atoms with E-state index in [1.54, 1.807) is 6.92 Å². The molecular weight excluding hydrogens is 261 g/mol. The van der Waals surface area contributed by atoms with Crippen LogP contribution in [0, 0.1) is 5.92 Å². The molecule has 3 unspecified atom stereocenters. The predicted molar refractivity (Wildman–Crippen MR) is 50.1 cm³/mol. The number of amides is 1. The molecule has 0 spiro atoms. The first kappa shape index (κ1) is 20.9. The van der Waals surface area contributed by atoms with Crippen LogP contribution in [-0.4, -0.2) is 50.2 Å². The van der Waals surface area contributed by atoms with Crippen molar-refractivity contribution in [2.45, 2.75) is 32.4 Å². The van der Waals surface area contributed by atoms with Gasteiger partial charge in [-0.25, -0.2) is 5.06 Å². The Morgan fingerprint density at radius 2 is 1.88 bits per heavy atom. The number of hydrogen-bond donors (Lipinski definition) is 2. The number of hydrogen-bond acceptors (Lipinski definition) is 4. The maximum atomic E-state index is 11.2. The third-order valence-electron chi connectivity index (χ3n) is 2.40. The number of nitrogens with zero attached hydrogens (tertiary/aromatic N) is 1. The van der Waals surface area contributed by atoms with Crippen LogP contribution in [0.15, 0.2) is 0 Å². The fraction of sp³-hybridized carbons (Fsp3) is 0.750. The fourth-order valence-electron chi connectivity index (χ4n) is 1.65. The first-order valence-corrected chi connectivity index (χ1v) is 4.21. The summed E-state index contributed by atoms with van der Waals surface area (Å²) in [4.78, 5) is 22.2. The van der Waals surface area contributed by atoms with Gasteiger partial charge in [0.2, 0.25) is 0 Å². The van der Waals surface area contributed by atoms with Crippen LogP contribution in [0.25, 0.3) is 0 Å². The predicted octanol–water partition coefficient (Wildman–Crippen LogP) is -2.09. The standard InChI is InChI=1S/C8H13NO4.Mn.2H2O/c1-3-5-7(11)6(4(2)10)8(12)9(5)13;;;/h5-7,11,13H,3H2,1-2H3;;2*1H2. The van der Waals surface area contributed by atoms with Crippen molar-refractivity contribution >= 4 is 11.7 Å². The van der Waals surface area contributed by atoms with Gasteiger partial charge in [-0.05, 0) is 13.3 Å². The molecule has 1 aliphatic rings. The van der Waals surface area contributed by atoms with Crippen molar-refractivity contribution in [2.75, 3.05) is 0 Å². The topological polar surface area (TPSA) is 141 Å². The molecule has 1 heterocycles. The van der Waals surface area contributed by atoms with E-state index in [-0.39, 0.29) is 28.0 Å². The Morgan fingerprint density at radius 1 is 1.44 bits per heavy atom. The van der Waals surface area contributed by atoms with Gasteiger partial charge in [-0.3, -0.25) is 14.8 Å². The summed E-state index contributed by atoms with van der Waals surface area (Å²) in [5.41, 5.74) is 0. The Balaban J connectivity index is -0.000000563. The number of aliphatic hydroxyl groups excluding tert-OH is 1. The van der Waals surface area contributed by atoms with Gasteiger partial charge >= 0.3 is 0 Å². The van der Waals surface area contributed by atoms with Crippen molar-refractivity contribution in [1.29, 1.82) is 0 Å². The molecule has 97 valence electrons. The number of ketones is 1. The smallest absolute Gasteiger partial charge is 0.259 e. The number of carbonyl (C=O) groups excluding carboxylic acids is 2. The molecule has 1 rings (SSSR count). The van der Waals surface area contributed by atoms with Crippen LogP contribution in [0.3, 0.4) is 0 Å². The summed E-state index contributed by atoms with van der Waals surface area (Å²) < 4.78 is 0. The number of Topliss-reactive ketones (excluding diaryl/α,β-unsaturated/α-hetero) is 1. The van der Waals surface area contributed by atoms with Gasteiger partial charge in [0.15, 0.2) is 0 Å². The number of rotatable bonds is 2. The van der Waals surface area contributed by atoms with Crippen molar-refractivity contribution < 1.29 is 47.9 Å². The van der Waals surface area contributed by atoms with Crippen LogP contribution >= 0.6 is 0 Å². The molecule has 1 aliphatic heterocycles. The summed E-state index contributed by atoms with van der Waals surface area (Å²) >= 11 is 0. The zero-order valence-electron chi connectivity index (χ0n) is 8.98. The Labute approximate surface area is 103 Å². The molecule has 0 aromatic carbocycles. The van der Waals surface area contributed by atoms with Crippen LogP contribution in [0.2, 0.25) is 0 Å². The second kappa shape index (κ2) is 7.72. The number of aliphatic hydroxyl groups is 1. The Bertz CT molecular complexity index is 249. The van der Waals surface area contributed by atoms with Crippen molar-refractivity contribution in [2.24, 2.45) is 5.92 Å². The molecule has 0 bridgehead atoms. The minimum Gasteiger partial charge on any atom is -0.412 e. The Kier molecular flexibility index (Phi) is 10.1. The average Bonchev–Trinajstić information content (AvgIpc) is 2.24. The van der Waals surface area contributed by atoms with E-state index in [0.717, 1.165) is 0 Å². The molecular formula is C8H17MnNO6. The van der Waals surface area contributed by atoms with Gasteiger partial charge in [-0.1, -0.05) is 6.92 Å². The molecule has 7 nitrogen and oxygen atoms in total. The Hall–Kier alpha value is -0.501. The summed E-state index contributed by atoms with van der Waals surface area (Å²) in [6.07, 6.45) is -0.660. The van der Waals surface area contributed by atoms with Crippen LogP contribution in [0.4, 0.5) is 0 Å². The average molecular weight is 278 g/mol. The van der Waals surface area contributed by atoms with Crippen molar-refractivity contribution in [3.63, 3.8) is 0 Å². The van der Waals surface area contributed by atoms with Gasteiger partial charge in [0.25, 0.3) is 5.91 Å². The van der Waals surface area contributed by atoms with Crippen LogP contribution in [0.5, 0.6) is 0 Å². The van der Waals surface area contributed by atoms with E-state index in [4.69, 9.17) is 0 Å². The van der Waals surface area contributed by atoms with Crippen LogP contribution in [0.1, 0.15) is 20.3 Å². The third kappa shape index (κ3) is 3.24. The van der Waals surface area contributed by atoms with Gasteiger partial charge in [0, 0.05) is 17.1 Å². The fourth-order valence-corrected chi connectivity index (χ4v) is 1.65. The minimum absolute atomic E-state index is 0. The zero-order chi connectivity index (χ0) is 10.2. The van der Waals surface area contributed by atoms with Crippen molar-refractivity contribution in [1.82, 2.24) is 5.06 Å². The van der Waals surface area contributed by atoms with E-state index < -0.39 is 29.8 Å². The summed E-state index contributed by atoms with van der Waals surface area (Å²) in [5, 5.41) is 19.2. The second-order valence-electron chi connectivity index (χ2n) is 3.24. The van der Waals surface area contributed by atoms with Gasteiger partial charge in [-0.15, -0.1) is 0 Å². The van der Waals surface area contributed by atoms with Gasteiger partial charge < -0.3 is 16.1 Å². The molecule has 0 aliphatic carbocycles. The monoisotopic (exact) mass is 278 g/mol. The molecule has 1 amide bonds. The SMILES string of the molecule is CCC1C(O)C(C(C)=O)C(=O)N1O.O.O.[Mn]. The number of hydroxylamine groups is 2. The van der Waals surface area contributed by atoms with E-state index >= 15 is 0 Å². The largest absolute Gasteiger partial charge is 0.412 e. The number of carbonyl (C=O) groups is 2. The molecule has 0 saturated carbocycles. The molecule has 1 saturated heterocycles. The van der Waals surface area contributed by atoms with Gasteiger partial charge in [0.1, 0.15) is 11.7 Å². The van der Waals surface area contributed by atoms with Crippen LogP contribution in [-0.2, 0) is 26.7 Å². The van der Waals surface area contributed by atoms with Gasteiger partial charge in [0.05, 0.1) is 12.1 Å². The van der Waals surface area contributed by atoms with E-state index in [2.05, 4.69) is 0 Å². The molecule has 8 heteroatoms. The van der Waals surface area contributed by atoms with Crippen LogP contribution < -0.4 is 0 Å². The summed E-state index contributed by atoms with van der Waals surface area (Å²) in [5.74, 6) is -2.20. The molecule has 0 aromatic rings. The van der Waals surface area contributed by atoms with Gasteiger partial charge in [-0.2, -0.15) is 0 Å². The second-order valence-corrected chi connectivity index (χ2v) is 3.24. The quantitative estimate of drug-likeness (QED) is 0.339. The normalized spacial score (nSPS) is 27.6. The van der Waals surface area contributed by atoms with E-state index in [1.165, 1.54) is 6.92 Å². The van der Waals surface area contributed by atoms with E-state index in [0.29, 0.717) is 11.5 Å².